The van der Waals surface area contributed by atoms with E-state index in [1.807, 2.05) is 24.3 Å². The van der Waals surface area contributed by atoms with E-state index in [9.17, 15) is 4.79 Å². The molecule has 3 nitrogen and oxygen atoms in total. The first kappa shape index (κ1) is 14.2. The van der Waals surface area contributed by atoms with Gasteiger partial charge in [0.05, 0.1) is 12.1 Å². The number of nitrogens with two attached hydrogens (primary N) is 1. The molecule has 2 aliphatic rings. The molecule has 1 amide bonds. The van der Waals surface area contributed by atoms with Gasteiger partial charge in [-0.2, -0.15) is 0 Å². The first-order valence-corrected chi connectivity index (χ1v) is 7.90. The van der Waals surface area contributed by atoms with Crippen LogP contribution in [0.3, 0.4) is 0 Å². The van der Waals surface area contributed by atoms with Crippen LogP contribution in [0.2, 0.25) is 0 Å². The number of benzene rings is 1. The normalized spacial score (nSPS) is 24.1. The summed E-state index contributed by atoms with van der Waals surface area (Å²) in [7, 11) is 0. The van der Waals surface area contributed by atoms with E-state index in [1.54, 1.807) is 0 Å². The van der Waals surface area contributed by atoms with Gasteiger partial charge in [-0.1, -0.05) is 36.8 Å². The first-order chi connectivity index (χ1) is 10.3. The second-order valence-electron chi connectivity index (χ2n) is 5.95. The van der Waals surface area contributed by atoms with E-state index in [0.29, 0.717) is 18.5 Å². The molecule has 0 bridgehead atoms. The van der Waals surface area contributed by atoms with Gasteiger partial charge in [-0.15, -0.1) is 0 Å². The molecule has 110 valence electrons. The molecule has 1 aliphatic carbocycles. The standard InChI is InChI=1S/C18H22N2O/c19-12-5-8-14-6-1-3-9-16(14)18(21)20-13-11-15-7-2-4-10-17(15)20/h1,3,6,9,15,17H,2,4,7,10-13,19H2. The maximum absolute atomic E-state index is 12.9. The van der Waals surface area contributed by atoms with Crippen LogP contribution in [0.5, 0.6) is 0 Å². The molecule has 0 aromatic heterocycles. The lowest BCUT2D eigenvalue weighted by atomic mass is 9.85. The predicted molar refractivity (Wildman–Crippen MR) is 83.8 cm³/mol. The molecule has 1 saturated carbocycles. The molecular weight excluding hydrogens is 260 g/mol. The average Bonchev–Trinajstić information content (AvgIpc) is 2.96. The Kier molecular flexibility index (Phi) is 4.26. The summed E-state index contributed by atoms with van der Waals surface area (Å²) in [5, 5.41) is 0. The second kappa shape index (κ2) is 6.32. The van der Waals surface area contributed by atoms with Crippen molar-refractivity contribution in [2.45, 2.75) is 38.1 Å². The Balaban J connectivity index is 1.85. The van der Waals surface area contributed by atoms with Crippen LogP contribution in [-0.4, -0.2) is 29.9 Å². The highest BCUT2D eigenvalue weighted by molar-refractivity contribution is 5.97. The Bertz CT molecular complexity index is 584. The van der Waals surface area contributed by atoms with Crippen molar-refractivity contribution in [2.75, 3.05) is 13.1 Å². The Labute approximate surface area is 126 Å². The van der Waals surface area contributed by atoms with E-state index in [-0.39, 0.29) is 5.91 Å². The number of carbonyl (C=O) groups excluding carboxylic acids is 1. The zero-order valence-corrected chi connectivity index (χ0v) is 12.3. The lowest BCUT2D eigenvalue weighted by molar-refractivity contribution is 0.0690. The largest absolute Gasteiger partial charge is 0.335 e. The van der Waals surface area contributed by atoms with Crippen molar-refractivity contribution in [3.63, 3.8) is 0 Å². The van der Waals surface area contributed by atoms with Crippen LogP contribution in [0.1, 0.15) is 48.0 Å². The third kappa shape index (κ3) is 2.82. The fourth-order valence-corrected chi connectivity index (χ4v) is 3.74. The molecule has 0 spiro atoms. The predicted octanol–water partition coefficient (Wildman–Crippen LogP) is 2.40. The molecule has 1 aromatic rings. The molecule has 3 rings (SSSR count). The summed E-state index contributed by atoms with van der Waals surface area (Å²) < 4.78 is 0. The smallest absolute Gasteiger partial charge is 0.255 e. The summed E-state index contributed by atoms with van der Waals surface area (Å²) in [6, 6.07) is 8.07. The zero-order chi connectivity index (χ0) is 14.7. The van der Waals surface area contributed by atoms with Crippen molar-refractivity contribution < 1.29 is 4.79 Å². The van der Waals surface area contributed by atoms with E-state index in [2.05, 4.69) is 16.7 Å². The van der Waals surface area contributed by atoms with Gasteiger partial charge in [-0.25, -0.2) is 0 Å². The van der Waals surface area contributed by atoms with Crippen LogP contribution < -0.4 is 5.73 Å². The third-order valence-corrected chi connectivity index (χ3v) is 4.75. The zero-order valence-electron chi connectivity index (χ0n) is 12.3. The lowest BCUT2D eigenvalue weighted by Gasteiger charge is -2.31. The second-order valence-corrected chi connectivity index (χ2v) is 5.95. The van der Waals surface area contributed by atoms with Gasteiger partial charge in [0.1, 0.15) is 0 Å². The number of fused-ring (bicyclic) bond motifs is 1. The maximum atomic E-state index is 12.9. The highest BCUT2D eigenvalue weighted by Crippen LogP contribution is 2.37. The highest BCUT2D eigenvalue weighted by Gasteiger charge is 2.38. The third-order valence-electron chi connectivity index (χ3n) is 4.75. The van der Waals surface area contributed by atoms with Gasteiger partial charge in [0.15, 0.2) is 0 Å². The monoisotopic (exact) mass is 282 g/mol. The molecule has 3 heteroatoms. The van der Waals surface area contributed by atoms with Gasteiger partial charge in [0.2, 0.25) is 0 Å². The van der Waals surface area contributed by atoms with Crippen molar-refractivity contribution in [3.8, 4) is 11.8 Å². The molecule has 2 atom stereocenters. The van der Waals surface area contributed by atoms with Crippen molar-refractivity contribution in [1.29, 1.82) is 0 Å². The van der Waals surface area contributed by atoms with E-state index in [4.69, 9.17) is 5.73 Å². The number of amides is 1. The molecule has 1 saturated heterocycles. The Morgan fingerprint density at radius 3 is 2.90 bits per heavy atom. The summed E-state index contributed by atoms with van der Waals surface area (Å²) >= 11 is 0. The Morgan fingerprint density at radius 1 is 1.24 bits per heavy atom. The van der Waals surface area contributed by atoms with E-state index in [0.717, 1.165) is 30.5 Å². The summed E-state index contributed by atoms with van der Waals surface area (Å²) in [5.41, 5.74) is 6.97. The summed E-state index contributed by atoms with van der Waals surface area (Å²) in [6.45, 7) is 1.21. The first-order valence-electron chi connectivity index (χ1n) is 7.90. The average molecular weight is 282 g/mol. The van der Waals surface area contributed by atoms with Gasteiger partial charge in [0, 0.05) is 18.2 Å². The number of likely N-dealkylation sites (tertiary alicyclic amines) is 1. The summed E-state index contributed by atoms with van der Waals surface area (Å²) in [4.78, 5) is 15.0. The van der Waals surface area contributed by atoms with E-state index < -0.39 is 0 Å². The maximum Gasteiger partial charge on any atom is 0.255 e. The number of nitrogens with zero attached hydrogens (tertiary/aromatic N) is 1. The molecule has 2 unspecified atom stereocenters. The van der Waals surface area contributed by atoms with Gasteiger partial charge < -0.3 is 10.6 Å². The minimum absolute atomic E-state index is 0.145. The Morgan fingerprint density at radius 2 is 2.05 bits per heavy atom. The fraction of sp³-hybridized carbons (Fsp3) is 0.500. The van der Waals surface area contributed by atoms with Crippen molar-refractivity contribution in [1.82, 2.24) is 4.90 Å². The molecule has 2 fully saturated rings. The minimum atomic E-state index is 0.145. The molecular formula is C18H22N2O. The quantitative estimate of drug-likeness (QED) is 0.804. The molecule has 2 N–H and O–H groups in total. The molecule has 0 radical (unpaired) electrons. The molecule has 21 heavy (non-hydrogen) atoms. The molecule has 1 aliphatic heterocycles. The highest BCUT2D eigenvalue weighted by atomic mass is 16.2. The van der Waals surface area contributed by atoms with E-state index >= 15 is 0 Å². The van der Waals surface area contributed by atoms with Crippen molar-refractivity contribution in [3.05, 3.63) is 35.4 Å². The van der Waals surface area contributed by atoms with Crippen LogP contribution in [-0.2, 0) is 0 Å². The summed E-state index contributed by atoms with van der Waals surface area (Å²) in [5.74, 6) is 6.74. The number of rotatable bonds is 1. The van der Waals surface area contributed by atoms with Gasteiger partial charge >= 0.3 is 0 Å². The van der Waals surface area contributed by atoms with Gasteiger partial charge in [0.25, 0.3) is 5.91 Å². The van der Waals surface area contributed by atoms with Crippen LogP contribution in [0.4, 0.5) is 0 Å². The van der Waals surface area contributed by atoms with Gasteiger partial charge in [-0.05, 0) is 37.3 Å². The van der Waals surface area contributed by atoms with Crippen LogP contribution >= 0.6 is 0 Å². The van der Waals surface area contributed by atoms with Crippen LogP contribution in [0, 0.1) is 17.8 Å². The fourth-order valence-electron chi connectivity index (χ4n) is 3.74. The lowest BCUT2D eigenvalue weighted by Crippen LogP contribution is -2.39. The topological polar surface area (TPSA) is 46.3 Å². The SMILES string of the molecule is NCC#Cc1ccccc1C(=O)N1CCC2CCCCC21. The number of carbonyl (C=O) groups is 1. The van der Waals surface area contributed by atoms with Crippen LogP contribution in [0.25, 0.3) is 0 Å². The minimum Gasteiger partial charge on any atom is -0.335 e. The van der Waals surface area contributed by atoms with Crippen molar-refractivity contribution in [2.24, 2.45) is 11.7 Å². The van der Waals surface area contributed by atoms with Gasteiger partial charge in [-0.3, -0.25) is 4.79 Å². The number of hydrogen-bond donors (Lipinski definition) is 1. The molecule has 1 aromatic carbocycles. The summed E-state index contributed by atoms with van der Waals surface area (Å²) in [6.07, 6.45) is 6.17. The van der Waals surface area contributed by atoms with Crippen molar-refractivity contribution >= 4 is 5.91 Å². The van der Waals surface area contributed by atoms with E-state index in [1.165, 1.54) is 19.3 Å². The van der Waals surface area contributed by atoms with Crippen LogP contribution in [0.15, 0.2) is 24.3 Å². The molecule has 1 heterocycles. The number of hydrogen-bond acceptors (Lipinski definition) is 2. The Hall–Kier alpha value is -1.79.